The third-order valence-electron chi connectivity index (χ3n) is 0.976. The molecular formula is C3H6B3ClO4. The van der Waals surface area contributed by atoms with Crippen LogP contribution in [-0.2, 0) is 18.4 Å². The molecule has 4 nitrogen and oxygen atoms in total. The van der Waals surface area contributed by atoms with Crippen LogP contribution in [0.3, 0.4) is 0 Å². The lowest BCUT2D eigenvalue weighted by Crippen LogP contribution is -2.37. The van der Waals surface area contributed by atoms with Gasteiger partial charge in [0.1, 0.15) is 0 Å². The summed E-state index contributed by atoms with van der Waals surface area (Å²) in [6, 6.07) is 0. The van der Waals surface area contributed by atoms with Gasteiger partial charge >= 0.3 is 22.7 Å². The molecule has 0 bridgehead atoms. The van der Waals surface area contributed by atoms with Crippen molar-refractivity contribution >= 4 is 34.3 Å². The van der Waals surface area contributed by atoms with Crippen molar-refractivity contribution < 1.29 is 18.4 Å². The molecule has 1 aliphatic rings. The third-order valence-corrected chi connectivity index (χ3v) is 1.24. The summed E-state index contributed by atoms with van der Waals surface area (Å²) in [5.74, 6) is 0.566. The van der Waals surface area contributed by atoms with Gasteiger partial charge in [-0.3, -0.25) is 0 Å². The minimum absolute atomic E-state index is 0.510. The van der Waals surface area contributed by atoms with Gasteiger partial charge in [0, 0.05) is 12.5 Å². The molecule has 1 saturated heterocycles. The summed E-state index contributed by atoms with van der Waals surface area (Å²) in [4.78, 5) is 0. The summed E-state index contributed by atoms with van der Waals surface area (Å²) in [6.45, 7) is 0.510. The number of rotatable bonds is 4. The van der Waals surface area contributed by atoms with Crippen LogP contribution in [-0.4, -0.2) is 35.2 Å². The summed E-state index contributed by atoms with van der Waals surface area (Å²) < 4.78 is 19.1. The summed E-state index contributed by atoms with van der Waals surface area (Å²) in [5.41, 5.74) is 0. The summed E-state index contributed by atoms with van der Waals surface area (Å²) >= 11 is 5.42. The van der Waals surface area contributed by atoms with Crippen LogP contribution in [0.5, 0.6) is 0 Å². The largest absolute Gasteiger partial charge is 0.610 e. The van der Waals surface area contributed by atoms with Crippen molar-refractivity contribution in [2.24, 2.45) is 0 Å². The van der Waals surface area contributed by atoms with E-state index in [1.807, 2.05) is 0 Å². The van der Waals surface area contributed by atoms with Crippen molar-refractivity contribution in [1.82, 2.24) is 0 Å². The Morgan fingerprint density at radius 3 is 2.73 bits per heavy atom. The SMILES string of the molecule is ClCCCOB1O[B]O[B]O1. The second-order valence-electron chi connectivity index (χ2n) is 1.80. The van der Waals surface area contributed by atoms with Crippen LogP contribution in [0.15, 0.2) is 0 Å². The average Bonchev–Trinajstić information content (AvgIpc) is 2.07. The first kappa shape index (κ1) is 9.41. The van der Waals surface area contributed by atoms with Crippen LogP contribution in [0.4, 0.5) is 0 Å². The molecule has 1 aliphatic heterocycles. The lowest BCUT2D eigenvalue weighted by molar-refractivity contribution is 0.174. The Kier molecular flexibility index (Phi) is 5.06. The molecule has 11 heavy (non-hydrogen) atoms. The fourth-order valence-electron chi connectivity index (χ4n) is 0.522. The Bertz CT molecular complexity index is 101. The Labute approximate surface area is 72.3 Å². The fourth-order valence-corrected chi connectivity index (χ4v) is 0.631. The molecule has 0 amide bonds. The summed E-state index contributed by atoms with van der Waals surface area (Å²) in [7, 11) is 1.61. The monoisotopic (exact) mass is 174 g/mol. The van der Waals surface area contributed by atoms with Crippen molar-refractivity contribution in [3.05, 3.63) is 0 Å². The van der Waals surface area contributed by atoms with E-state index < -0.39 is 7.32 Å². The molecular weight excluding hydrogens is 168 g/mol. The molecule has 0 spiro atoms. The van der Waals surface area contributed by atoms with Crippen molar-refractivity contribution in [3.8, 4) is 0 Å². The second kappa shape index (κ2) is 5.91. The predicted molar refractivity (Wildman–Crippen MR) is 41.8 cm³/mol. The summed E-state index contributed by atoms with van der Waals surface area (Å²) in [6.07, 6.45) is 0.769. The van der Waals surface area contributed by atoms with Gasteiger partial charge in [0.15, 0.2) is 0 Å². The summed E-state index contributed by atoms with van der Waals surface area (Å²) in [5, 5.41) is 0. The van der Waals surface area contributed by atoms with Crippen LogP contribution in [0.2, 0.25) is 0 Å². The van der Waals surface area contributed by atoms with Gasteiger partial charge in [-0.15, -0.1) is 11.6 Å². The van der Waals surface area contributed by atoms with Crippen molar-refractivity contribution in [2.75, 3.05) is 12.5 Å². The minimum Gasteiger partial charge on any atom is -0.457 e. The molecule has 0 unspecified atom stereocenters. The number of halogens is 1. The number of hydrogen-bond donors (Lipinski definition) is 0. The highest BCUT2D eigenvalue weighted by atomic mass is 35.5. The van der Waals surface area contributed by atoms with E-state index >= 15 is 0 Å². The van der Waals surface area contributed by atoms with Gasteiger partial charge in [-0.25, -0.2) is 0 Å². The maximum absolute atomic E-state index is 5.42. The molecule has 0 atom stereocenters. The normalized spacial score (nSPS) is 17.4. The molecule has 0 aromatic carbocycles. The van der Waals surface area contributed by atoms with E-state index in [4.69, 9.17) is 25.4 Å². The molecule has 1 heterocycles. The van der Waals surface area contributed by atoms with Gasteiger partial charge in [-0.05, 0) is 6.42 Å². The molecule has 2 radical (unpaired) electrons. The number of hydrogen-bond acceptors (Lipinski definition) is 4. The minimum atomic E-state index is -0.688. The Morgan fingerprint density at radius 1 is 1.36 bits per heavy atom. The maximum Gasteiger partial charge on any atom is 0.610 e. The van der Waals surface area contributed by atoms with E-state index in [9.17, 15) is 0 Å². The van der Waals surface area contributed by atoms with Crippen molar-refractivity contribution in [3.63, 3.8) is 0 Å². The van der Waals surface area contributed by atoms with Gasteiger partial charge < -0.3 is 18.4 Å². The van der Waals surface area contributed by atoms with Crippen molar-refractivity contribution in [2.45, 2.75) is 6.42 Å². The third kappa shape index (κ3) is 4.03. The number of alkyl halides is 1. The Hall–Kier alpha value is 0.325. The smallest absolute Gasteiger partial charge is 0.457 e. The van der Waals surface area contributed by atoms with E-state index in [1.165, 1.54) is 0 Å². The van der Waals surface area contributed by atoms with Crippen LogP contribution in [0.25, 0.3) is 0 Å². The van der Waals surface area contributed by atoms with Gasteiger partial charge in [0.25, 0.3) is 0 Å². The molecule has 0 N–H and O–H groups in total. The van der Waals surface area contributed by atoms with Crippen LogP contribution >= 0.6 is 11.6 Å². The molecule has 1 fully saturated rings. The van der Waals surface area contributed by atoms with E-state index in [1.54, 1.807) is 0 Å². The zero-order chi connectivity index (χ0) is 7.94. The predicted octanol–water partition coefficient (Wildman–Crippen LogP) is -0.251. The Morgan fingerprint density at radius 2 is 2.09 bits per heavy atom. The first-order valence-electron chi connectivity index (χ1n) is 3.21. The van der Waals surface area contributed by atoms with E-state index in [0.29, 0.717) is 12.5 Å². The first-order valence-corrected chi connectivity index (χ1v) is 3.74. The molecule has 0 aliphatic carbocycles. The lowest BCUT2D eigenvalue weighted by atomic mass is 10.1. The van der Waals surface area contributed by atoms with Crippen LogP contribution < -0.4 is 0 Å². The van der Waals surface area contributed by atoms with E-state index in [-0.39, 0.29) is 0 Å². The molecule has 58 valence electrons. The zero-order valence-electron chi connectivity index (χ0n) is 5.86. The first-order chi connectivity index (χ1) is 5.43. The Balaban J connectivity index is 1.96. The van der Waals surface area contributed by atoms with E-state index in [2.05, 4.69) is 4.57 Å². The highest BCUT2D eigenvalue weighted by molar-refractivity contribution is 6.57. The van der Waals surface area contributed by atoms with Gasteiger partial charge in [0.2, 0.25) is 0 Å². The molecule has 1 rings (SSSR count). The average molecular weight is 174 g/mol. The molecule has 8 heteroatoms. The zero-order valence-corrected chi connectivity index (χ0v) is 6.62. The van der Waals surface area contributed by atoms with Gasteiger partial charge in [-0.1, -0.05) is 0 Å². The maximum atomic E-state index is 5.42. The highest BCUT2D eigenvalue weighted by Crippen LogP contribution is 1.97. The van der Waals surface area contributed by atoms with E-state index in [0.717, 1.165) is 21.8 Å². The van der Waals surface area contributed by atoms with Crippen molar-refractivity contribution in [1.29, 1.82) is 0 Å². The van der Waals surface area contributed by atoms with Gasteiger partial charge in [-0.2, -0.15) is 0 Å². The molecule has 0 aromatic rings. The van der Waals surface area contributed by atoms with Gasteiger partial charge in [0.05, 0.1) is 0 Å². The second-order valence-corrected chi connectivity index (χ2v) is 2.18. The molecule has 0 saturated carbocycles. The lowest BCUT2D eigenvalue weighted by Gasteiger charge is -2.17. The van der Waals surface area contributed by atoms with Crippen LogP contribution in [0, 0.1) is 0 Å². The highest BCUT2D eigenvalue weighted by Gasteiger charge is 2.26. The topological polar surface area (TPSA) is 36.9 Å². The quantitative estimate of drug-likeness (QED) is 0.334. The standard InChI is InChI=1S/C3H6B3ClO4/c7-2-1-3-8-6-10-4-9-5-11-6/h1-3H2. The fraction of sp³-hybridized carbons (Fsp3) is 1.00. The van der Waals surface area contributed by atoms with Crippen LogP contribution in [0.1, 0.15) is 6.42 Å². The molecule has 0 aromatic heterocycles.